The van der Waals surface area contributed by atoms with E-state index < -0.39 is 0 Å². The van der Waals surface area contributed by atoms with Crippen molar-refractivity contribution in [1.29, 1.82) is 0 Å². The first-order valence-corrected chi connectivity index (χ1v) is 9.41. The van der Waals surface area contributed by atoms with Gasteiger partial charge in [-0.2, -0.15) is 0 Å². The van der Waals surface area contributed by atoms with Gasteiger partial charge in [-0.25, -0.2) is 4.98 Å². The molecule has 25 heavy (non-hydrogen) atoms. The highest BCUT2D eigenvalue weighted by Gasteiger charge is 2.16. The maximum atomic E-state index is 12.7. The number of ether oxygens (including phenoxy) is 1. The van der Waals surface area contributed by atoms with E-state index in [1.807, 2.05) is 4.90 Å². The topological polar surface area (TPSA) is 58.2 Å². The zero-order valence-corrected chi connectivity index (χ0v) is 16.3. The van der Waals surface area contributed by atoms with Crippen molar-refractivity contribution in [1.82, 2.24) is 14.9 Å². The van der Waals surface area contributed by atoms with Gasteiger partial charge in [-0.15, -0.1) is 0 Å². The fourth-order valence-corrected chi connectivity index (χ4v) is 3.03. The van der Waals surface area contributed by atoms with Gasteiger partial charge in [-0.05, 0) is 25.0 Å². The molecule has 0 aliphatic heterocycles. The summed E-state index contributed by atoms with van der Waals surface area (Å²) in [4.78, 5) is 22.2. The van der Waals surface area contributed by atoms with Crippen LogP contribution in [0.2, 0.25) is 10.0 Å². The van der Waals surface area contributed by atoms with Crippen LogP contribution in [0.4, 0.5) is 0 Å². The molecule has 2 aromatic rings. The van der Waals surface area contributed by atoms with Crippen LogP contribution in [0.3, 0.4) is 0 Å². The van der Waals surface area contributed by atoms with Crippen LogP contribution in [-0.2, 0) is 16.0 Å². The maximum Gasteiger partial charge on any atom is 0.230 e. The monoisotopic (exact) mass is 385 g/mol. The lowest BCUT2D eigenvalue weighted by atomic mass is 10.2. The van der Waals surface area contributed by atoms with Gasteiger partial charge in [0.1, 0.15) is 5.82 Å². The van der Waals surface area contributed by atoms with E-state index in [0.717, 1.165) is 37.7 Å². The highest BCUT2D eigenvalue weighted by molar-refractivity contribution is 6.42. The van der Waals surface area contributed by atoms with Crippen LogP contribution in [0.5, 0.6) is 0 Å². The molecular weight excluding hydrogens is 361 g/mol. The Kier molecular flexibility index (Phi) is 8.00. The molecule has 7 heteroatoms. The lowest BCUT2D eigenvalue weighted by Gasteiger charge is -2.22. The number of aromatic amines is 1. The second kappa shape index (κ2) is 10.00. The molecule has 1 amide bonds. The molecular formula is C18H25Cl2N3O2. The molecule has 0 radical (unpaired) electrons. The summed E-state index contributed by atoms with van der Waals surface area (Å²) in [5, 5.41) is 0.927. The van der Waals surface area contributed by atoms with Crippen molar-refractivity contribution < 1.29 is 9.53 Å². The molecule has 0 spiro atoms. The molecule has 138 valence electrons. The predicted molar refractivity (Wildman–Crippen MR) is 102 cm³/mol. The Bertz CT molecular complexity index is 654. The molecule has 1 aromatic heterocycles. The Hall–Kier alpha value is -1.30. The van der Waals surface area contributed by atoms with E-state index in [9.17, 15) is 4.79 Å². The number of benzene rings is 1. The van der Waals surface area contributed by atoms with Crippen molar-refractivity contribution in [2.75, 3.05) is 26.8 Å². The normalized spacial score (nSPS) is 11.2. The summed E-state index contributed by atoms with van der Waals surface area (Å²) >= 11 is 12.1. The number of rotatable bonds is 10. The number of methoxy groups -OCH3 is 1. The van der Waals surface area contributed by atoms with Crippen LogP contribution in [0.1, 0.15) is 38.4 Å². The first kappa shape index (κ1) is 20.0. The van der Waals surface area contributed by atoms with Gasteiger partial charge in [0.25, 0.3) is 0 Å². The molecule has 0 aliphatic carbocycles. The molecule has 0 fully saturated rings. The smallest absolute Gasteiger partial charge is 0.230 e. The predicted octanol–water partition coefficient (Wildman–Crippen LogP) is 4.47. The summed E-state index contributed by atoms with van der Waals surface area (Å²) in [5.41, 5.74) is 1.50. The van der Waals surface area contributed by atoms with E-state index in [0.29, 0.717) is 34.5 Å². The molecule has 0 aliphatic rings. The quantitative estimate of drug-likeness (QED) is 0.613. The van der Waals surface area contributed by atoms with Crippen LogP contribution in [0, 0.1) is 0 Å². The highest BCUT2D eigenvalue weighted by Crippen LogP contribution is 2.26. The minimum atomic E-state index is 0.0726. The van der Waals surface area contributed by atoms with Crippen LogP contribution in [0.25, 0.3) is 11.0 Å². The van der Waals surface area contributed by atoms with Gasteiger partial charge in [-0.1, -0.05) is 43.0 Å². The SMILES string of the molecule is CCCCCN(CCCOC)C(=O)Cc1nc2cc(Cl)c(Cl)cc2[nH]1. The Labute approximate surface area is 158 Å². The largest absolute Gasteiger partial charge is 0.385 e. The Morgan fingerprint density at radius 2 is 1.92 bits per heavy atom. The lowest BCUT2D eigenvalue weighted by Crippen LogP contribution is -2.34. The number of fused-ring (bicyclic) bond motifs is 1. The standard InChI is InChI=1S/C18H25Cl2N3O2/c1-3-4-5-7-23(8-6-9-25-2)18(24)12-17-21-15-10-13(19)14(20)11-16(15)22-17/h10-11H,3-9,12H2,1-2H3,(H,21,22). The zero-order valence-electron chi connectivity index (χ0n) is 14.8. The molecule has 0 bridgehead atoms. The maximum absolute atomic E-state index is 12.7. The number of imidazole rings is 1. The second-order valence-corrected chi connectivity index (χ2v) is 6.89. The van der Waals surface area contributed by atoms with Crippen molar-refractivity contribution in [3.05, 3.63) is 28.0 Å². The number of carbonyl (C=O) groups excluding carboxylic acids is 1. The Morgan fingerprint density at radius 3 is 2.64 bits per heavy atom. The molecule has 0 unspecified atom stereocenters. The molecule has 0 saturated heterocycles. The molecule has 1 heterocycles. The van der Waals surface area contributed by atoms with Gasteiger partial charge in [-0.3, -0.25) is 4.79 Å². The van der Waals surface area contributed by atoms with E-state index in [4.69, 9.17) is 27.9 Å². The highest BCUT2D eigenvalue weighted by atomic mass is 35.5. The molecule has 0 atom stereocenters. The number of halogens is 2. The van der Waals surface area contributed by atoms with Crippen LogP contribution >= 0.6 is 23.2 Å². The molecule has 5 nitrogen and oxygen atoms in total. The van der Waals surface area contributed by atoms with Crippen LogP contribution in [0.15, 0.2) is 12.1 Å². The number of amides is 1. The fourth-order valence-electron chi connectivity index (χ4n) is 2.71. The van der Waals surface area contributed by atoms with Crippen LogP contribution < -0.4 is 0 Å². The number of hydrogen-bond donors (Lipinski definition) is 1. The fraction of sp³-hybridized carbons (Fsp3) is 0.556. The number of hydrogen-bond acceptors (Lipinski definition) is 3. The summed E-state index contributed by atoms with van der Waals surface area (Å²) in [6.45, 7) is 4.28. The van der Waals surface area contributed by atoms with E-state index in [-0.39, 0.29) is 12.3 Å². The first-order valence-electron chi connectivity index (χ1n) is 8.65. The number of nitrogens with one attached hydrogen (secondary N) is 1. The minimum absolute atomic E-state index is 0.0726. The van der Waals surface area contributed by atoms with Crippen molar-refractivity contribution in [2.45, 2.75) is 39.0 Å². The summed E-state index contributed by atoms with van der Waals surface area (Å²) in [6.07, 6.45) is 4.34. The summed E-state index contributed by atoms with van der Waals surface area (Å²) in [5.74, 6) is 0.703. The van der Waals surface area contributed by atoms with Gasteiger partial charge >= 0.3 is 0 Å². The van der Waals surface area contributed by atoms with Crippen molar-refractivity contribution in [3.8, 4) is 0 Å². The van der Waals surface area contributed by atoms with Crippen molar-refractivity contribution in [3.63, 3.8) is 0 Å². The third-order valence-corrected chi connectivity index (χ3v) is 4.77. The molecule has 2 rings (SSSR count). The van der Waals surface area contributed by atoms with E-state index in [1.54, 1.807) is 19.2 Å². The molecule has 0 saturated carbocycles. The van der Waals surface area contributed by atoms with Crippen LogP contribution in [-0.4, -0.2) is 47.6 Å². The minimum Gasteiger partial charge on any atom is -0.385 e. The van der Waals surface area contributed by atoms with Gasteiger partial charge in [0.2, 0.25) is 5.91 Å². The van der Waals surface area contributed by atoms with Gasteiger partial charge in [0.05, 0.1) is 27.5 Å². The Balaban J connectivity index is 2.04. The van der Waals surface area contributed by atoms with E-state index >= 15 is 0 Å². The van der Waals surface area contributed by atoms with Crippen molar-refractivity contribution in [2.24, 2.45) is 0 Å². The average molecular weight is 386 g/mol. The molecule has 1 aromatic carbocycles. The lowest BCUT2D eigenvalue weighted by molar-refractivity contribution is -0.130. The van der Waals surface area contributed by atoms with Gasteiger partial charge < -0.3 is 14.6 Å². The number of aromatic nitrogens is 2. The number of H-pyrrole nitrogens is 1. The summed E-state index contributed by atoms with van der Waals surface area (Å²) < 4.78 is 5.10. The second-order valence-electron chi connectivity index (χ2n) is 6.08. The van der Waals surface area contributed by atoms with E-state index in [1.165, 1.54) is 0 Å². The Morgan fingerprint density at radius 1 is 1.20 bits per heavy atom. The zero-order chi connectivity index (χ0) is 18.2. The van der Waals surface area contributed by atoms with Gasteiger partial charge in [0, 0.05) is 26.8 Å². The first-order chi connectivity index (χ1) is 12.0. The number of nitrogens with zero attached hydrogens (tertiary/aromatic N) is 2. The summed E-state index contributed by atoms with van der Waals surface area (Å²) in [7, 11) is 1.67. The van der Waals surface area contributed by atoms with E-state index in [2.05, 4.69) is 16.9 Å². The van der Waals surface area contributed by atoms with Gasteiger partial charge in [0.15, 0.2) is 0 Å². The summed E-state index contributed by atoms with van der Waals surface area (Å²) in [6, 6.07) is 3.44. The third kappa shape index (κ3) is 5.87. The third-order valence-electron chi connectivity index (χ3n) is 4.05. The number of carbonyl (C=O) groups is 1. The molecule has 1 N–H and O–H groups in total. The van der Waals surface area contributed by atoms with Crippen molar-refractivity contribution >= 4 is 40.1 Å². The number of unbranched alkanes of at least 4 members (excludes halogenated alkanes) is 2. The average Bonchev–Trinajstić information content (AvgIpc) is 2.95.